The number of carbonyl (C=O) groups excluding carboxylic acids is 1. The lowest BCUT2D eigenvalue weighted by Crippen LogP contribution is -2.04. The van der Waals surface area contributed by atoms with Gasteiger partial charge >= 0.3 is 5.97 Å². The van der Waals surface area contributed by atoms with Crippen molar-refractivity contribution in [3.63, 3.8) is 0 Å². The van der Waals surface area contributed by atoms with E-state index in [0.29, 0.717) is 13.0 Å². The Morgan fingerprint density at radius 3 is 2.67 bits per heavy atom. The number of rotatable bonds is 8. The van der Waals surface area contributed by atoms with E-state index in [2.05, 4.69) is 13.0 Å². The van der Waals surface area contributed by atoms with Crippen LogP contribution in [0.2, 0.25) is 0 Å². The first-order chi connectivity index (χ1) is 8.72. The van der Waals surface area contributed by atoms with Gasteiger partial charge in [-0.3, -0.25) is 4.79 Å². The number of ether oxygens (including phenoxy) is 1. The van der Waals surface area contributed by atoms with E-state index in [4.69, 9.17) is 4.74 Å². The maximum atomic E-state index is 11.5. The Kier molecular flexibility index (Phi) is 7.16. The van der Waals surface area contributed by atoms with E-state index in [1.807, 2.05) is 25.1 Å². The van der Waals surface area contributed by atoms with Crippen LogP contribution in [0.5, 0.6) is 0 Å². The quantitative estimate of drug-likeness (QED) is 0.503. The van der Waals surface area contributed by atoms with Gasteiger partial charge in [0.05, 0.1) is 0 Å². The molecule has 1 aromatic rings. The van der Waals surface area contributed by atoms with Crippen LogP contribution in [0, 0.1) is 6.92 Å². The zero-order chi connectivity index (χ0) is 13.2. The first-order valence-electron chi connectivity index (χ1n) is 6.93. The molecule has 0 saturated carbocycles. The molecular formula is C16H24O2. The first kappa shape index (κ1) is 14.7. The second kappa shape index (κ2) is 8.73. The largest absolute Gasteiger partial charge is 0.461 e. The van der Waals surface area contributed by atoms with Gasteiger partial charge in [-0.15, -0.1) is 0 Å². The molecule has 0 fully saturated rings. The van der Waals surface area contributed by atoms with E-state index in [-0.39, 0.29) is 5.97 Å². The van der Waals surface area contributed by atoms with E-state index in [1.54, 1.807) is 0 Å². The fourth-order valence-corrected chi connectivity index (χ4v) is 1.91. The molecule has 0 aliphatic rings. The lowest BCUT2D eigenvalue weighted by Gasteiger charge is -2.05. The SMILES string of the molecule is CCCCCCCC(=O)OCc1cccc(C)c1. The number of benzene rings is 1. The summed E-state index contributed by atoms with van der Waals surface area (Å²) < 4.78 is 5.25. The van der Waals surface area contributed by atoms with Gasteiger partial charge in [0.25, 0.3) is 0 Å². The summed E-state index contributed by atoms with van der Waals surface area (Å²) in [6.45, 7) is 4.63. The predicted molar refractivity (Wildman–Crippen MR) is 74.4 cm³/mol. The minimum Gasteiger partial charge on any atom is -0.461 e. The van der Waals surface area contributed by atoms with Crippen molar-refractivity contribution in [1.82, 2.24) is 0 Å². The molecule has 0 aliphatic heterocycles. The smallest absolute Gasteiger partial charge is 0.306 e. The number of aryl methyl sites for hydroxylation is 1. The summed E-state index contributed by atoms with van der Waals surface area (Å²) in [6.07, 6.45) is 6.35. The van der Waals surface area contributed by atoms with E-state index < -0.39 is 0 Å². The average molecular weight is 248 g/mol. The Morgan fingerprint density at radius 2 is 1.94 bits per heavy atom. The monoisotopic (exact) mass is 248 g/mol. The molecule has 0 spiro atoms. The molecule has 0 unspecified atom stereocenters. The fourth-order valence-electron chi connectivity index (χ4n) is 1.91. The Hall–Kier alpha value is -1.31. The van der Waals surface area contributed by atoms with Crippen LogP contribution in [0.4, 0.5) is 0 Å². The number of hydrogen-bond donors (Lipinski definition) is 0. The van der Waals surface area contributed by atoms with Gasteiger partial charge in [0.15, 0.2) is 0 Å². The summed E-state index contributed by atoms with van der Waals surface area (Å²) >= 11 is 0. The molecule has 2 nitrogen and oxygen atoms in total. The highest BCUT2D eigenvalue weighted by Gasteiger charge is 2.03. The molecule has 0 atom stereocenters. The lowest BCUT2D eigenvalue weighted by molar-refractivity contribution is -0.145. The summed E-state index contributed by atoms with van der Waals surface area (Å²) in [6, 6.07) is 8.07. The van der Waals surface area contributed by atoms with Gasteiger partial charge < -0.3 is 4.74 Å². The van der Waals surface area contributed by atoms with Crippen LogP contribution in [0.3, 0.4) is 0 Å². The van der Waals surface area contributed by atoms with Crippen LogP contribution in [-0.4, -0.2) is 5.97 Å². The molecule has 2 heteroatoms. The molecule has 0 radical (unpaired) electrons. The van der Waals surface area contributed by atoms with Crippen LogP contribution >= 0.6 is 0 Å². The maximum Gasteiger partial charge on any atom is 0.306 e. The fraction of sp³-hybridized carbons (Fsp3) is 0.562. The summed E-state index contributed by atoms with van der Waals surface area (Å²) in [5.41, 5.74) is 2.26. The molecule has 0 aliphatic carbocycles. The Balaban J connectivity index is 2.13. The summed E-state index contributed by atoms with van der Waals surface area (Å²) in [7, 11) is 0. The van der Waals surface area contributed by atoms with Gasteiger partial charge in [-0.25, -0.2) is 0 Å². The molecule has 0 amide bonds. The number of esters is 1. The Morgan fingerprint density at radius 1 is 1.17 bits per heavy atom. The molecule has 0 heterocycles. The summed E-state index contributed by atoms with van der Waals surface area (Å²) in [4.78, 5) is 11.5. The van der Waals surface area contributed by atoms with Crippen molar-refractivity contribution in [3.8, 4) is 0 Å². The van der Waals surface area contributed by atoms with Crippen LogP contribution in [-0.2, 0) is 16.1 Å². The highest BCUT2D eigenvalue weighted by molar-refractivity contribution is 5.69. The zero-order valence-corrected chi connectivity index (χ0v) is 11.6. The highest BCUT2D eigenvalue weighted by Crippen LogP contribution is 2.08. The summed E-state index contributed by atoms with van der Waals surface area (Å²) in [5, 5.41) is 0. The van der Waals surface area contributed by atoms with Crippen molar-refractivity contribution < 1.29 is 9.53 Å². The standard InChI is InChI=1S/C16H24O2/c1-3-4-5-6-7-11-16(17)18-13-15-10-8-9-14(2)12-15/h8-10,12H,3-7,11,13H2,1-2H3. The molecule has 0 bridgehead atoms. The van der Waals surface area contributed by atoms with Gasteiger partial charge in [-0.1, -0.05) is 62.4 Å². The van der Waals surface area contributed by atoms with E-state index in [0.717, 1.165) is 18.4 Å². The zero-order valence-electron chi connectivity index (χ0n) is 11.6. The average Bonchev–Trinajstić information content (AvgIpc) is 2.36. The molecule has 100 valence electrons. The van der Waals surface area contributed by atoms with Gasteiger partial charge in [0.1, 0.15) is 6.61 Å². The second-order valence-corrected chi connectivity index (χ2v) is 4.81. The molecule has 0 aromatic heterocycles. The second-order valence-electron chi connectivity index (χ2n) is 4.81. The van der Waals surface area contributed by atoms with Crippen molar-refractivity contribution in [2.24, 2.45) is 0 Å². The Labute approximate surface area is 110 Å². The number of unbranched alkanes of at least 4 members (excludes halogenated alkanes) is 4. The first-order valence-corrected chi connectivity index (χ1v) is 6.93. The van der Waals surface area contributed by atoms with Crippen molar-refractivity contribution in [1.29, 1.82) is 0 Å². The van der Waals surface area contributed by atoms with E-state index in [9.17, 15) is 4.79 Å². The van der Waals surface area contributed by atoms with Crippen molar-refractivity contribution >= 4 is 5.97 Å². The topological polar surface area (TPSA) is 26.3 Å². The van der Waals surface area contributed by atoms with Gasteiger partial charge in [-0.05, 0) is 18.9 Å². The van der Waals surface area contributed by atoms with Crippen LogP contribution in [0.25, 0.3) is 0 Å². The minimum absolute atomic E-state index is 0.0759. The van der Waals surface area contributed by atoms with Crippen molar-refractivity contribution in [2.45, 2.75) is 59.0 Å². The lowest BCUT2D eigenvalue weighted by atomic mass is 10.1. The molecule has 0 saturated heterocycles. The van der Waals surface area contributed by atoms with Gasteiger partial charge in [0, 0.05) is 6.42 Å². The summed E-state index contributed by atoms with van der Waals surface area (Å²) in [5.74, 6) is -0.0759. The van der Waals surface area contributed by atoms with E-state index >= 15 is 0 Å². The predicted octanol–water partition coefficient (Wildman–Crippen LogP) is 4.40. The Bertz CT molecular complexity index is 358. The van der Waals surface area contributed by atoms with Crippen LogP contribution < -0.4 is 0 Å². The highest BCUT2D eigenvalue weighted by atomic mass is 16.5. The van der Waals surface area contributed by atoms with Gasteiger partial charge in [0.2, 0.25) is 0 Å². The van der Waals surface area contributed by atoms with Crippen molar-refractivity contribution in [3.05, 3.63) is 35.4 Å². The normalized spacial score (nSPS) is 10.3. The molecular weight excluding hydrogens is 224 g/mol. The van der Waals surface area contributed by atoms with Crippen LogP contribution in [0.1, 0.15) is 56.6 Å². The minimum atomic E-state index is -0.0759. The third-order valence-corrected chi connectivity index (χ3v) is 2.97. The van der Waals surface area contributed by atoms with Crippen molar-refractivity contribution in [2.75, 3.05) is 0 Å². The van der Waals surface area contributed by atoms with Gasteiger partial charge in [-0.2, -0.15) is 0 Å². The third-order valence-electron chi connectivity index (χ3n) is 2.97. The number of carbonyl (C=O) groups is 1. The third kappa shape index (κ3) is 6.43. The maximum absolute atomic E-state index is 11.5. The van der Waals surface area contributed by atoms with E-state index in [1.165, 1.54) is 24.8 Å². The van der Waals surface area contributed by atoms with Crippen LogP contribution in [0.15, 0.2) is 24.3 Å². The number of hydrogen-bond acceptors (Lipinski definition) is 2. The molecule has 18 heavy (non-hydrogen) atoms. The molecule has 1 rings (SSSR count). The molecule has 0 N–H and O–H groups in total. The molecule has 1 aromatic carbocycles.